The highest BCUT2D eigenvalue weighted by Crippen LogP contribution is 2.20. The third-order valence-corrected chi connectivity index (χ3v) is 3.53. The molecular formula is C10H14N5OS+. The summed E-state index contributed by atoms with van der Waals surface area (Å²) in [5.74, 6) is 0.810. The van der Waals surface area contributed by atoms with Gasteiger partial charge < -0.3 is 4.74 Å². The predicted octanol–water partition coefficient (Wildman–Crippen LogP) is -0.183. The monoisotopic (exact) mass is 252 g/mol. The summed E-state index contributed by atoms with van der Waals surface area (Å²) >= 11 is 5.40. The number of nitrogens with zero attached hydrogens (tertiary/aromatic N) is 4. The Morgan fingerprint density at radius 3 is 2.88 bits per heavy atom. The quantitative estimate of drug-likeness (QED) is 0.556. The number of rotatable bonds is 1. The van der Waals surface area contributed by atoms with Crippen LogP contribution in [0.5, 0.6) is 0 Å². The number of amidine groups is 1. The van der Waals surface area contributed by atoms with Crippen LogP contribution in [-0.2, 0) is 11.8 Å². The van der Waals surface area contributed by atoms with E-state index in [0.29, 0.717) is 17.8 Å². The molecule has 17 heavy (non-hydrogen) atoms. The van der Waals surface area contributed by atoms with Crippen LogP contribution in [0.25, 0.3) is 0 Å². The number of ether oxygens (including phenoxy) is 1. The van der Waals surface area contributed by atoms with E-state index in [-0.39, 0.29) is 0 Å². The van der Waals surface area contributed by atoms with Gasteiger partial charge >= 0.3 is 5.11 Å². The lowest BCUT2D eigenvalue weighted by Crippen LogP contribution is -2.54. The number of hydrogen-bond donors (Lipinski definition) is 1. The number of nitrogens with one attached hydrogen (secondary N) is 1. The van der Waals surface area contributed by atoms with Crippen LogP contribution in [0.4, 0.5) is 0 Å². The zero-order chi connectivity index (χ0) is 11.9. The molecule has 0 bridgehead atoms. The summed E-state index contributed by atoms with van der Waals surface area (Å²) in [7, 11) is 1.89. The molecule has 6 nitrogen and oxygen atoms in total. The van der Waals surface area contributed by atoms with Crippen LogP contribution in [0.3, 0.4) is 0 Å². The SMILES string of the molecule is Cn1cc(C2=N[N+]3(CCOCC3)C(=S)N2)cn1. The largest absolute Gasteiger partial charge is 0.370 e. The minimum absolute atomic E-state index is 0.472. The molecule has 1 aromatic heterocycles. The molecule has 0 atom stereocenters. The Labute approximate surface area is 104 Å². The van der Waals surface area contributed by atoms with Crippen molar-refractivity contribution < 1.29 is 9.33 Å². The maximum absolute atomic E-state index is 5.40. The van der Waals surface area contributed by atoms with Crippen molar-refractivity contribution in [2.24, 2.45) is 12.1 Å². The van der Waals surface area contributed by atoms with E-state index in [2.05, 4.69) is 10.4 Å². The molecular weight excluding hydrogens is 238 g/mol. The van der Waals surface area contributed by atoms with Crippen LogP contribution in [0, 0.1) is 0 Å². The van der Waals surface area contributed by atoms with E-state index >= 15 is 0 Å². The number of morpholine rings is 1. The first kappa shape index (κ1) is 10.8. The highest BCUT2D eigenvalue weighted by Gasteiger charge is 2.43. The van der Waals surface area contributed by atoms with Crippen LogP contribution in [-0.4, -0.2) is 51.6 Å². The number of aromatic nitrogens is 2. The molecule has 3 rings (SSSR count). The third-order valence-electron chi connectivity index (χ3n) is 3.08. The number of thiocarbonyl (C=S) groups is 1. The molecule has 1 aromatic rings. The maximum Gasteiger partial charge on any atom is 0.302 e. The molecule has 90 valence electrons. The highest BCUT2D eigenvalue weighted by atomic mass is 32.1. The van der Waals surface area contributed by atoms with Crippen LogP contribution in [0.2, 0.25) is 0 Å². The van der Waals surface area contributed by atoms with Gasteiger partial charge in [0.15, 0.2) is 0 Å². The third kappa shape index (κ3) is 1.76. The fraction of sp³-hybridized carbons (Fsp3) is 0.500. The molecule has 1 fully saturated rings. The van der Waals surface area contributed by atoms with E-state index in [0.717, 1.165) is 29.6 Å². The predicted molar refractivity (Wildman–Crippen MR) is 66.3 cm³/mol. The molecule has 0 saturated carbocycles. The summed E-state index contributed by atoms with van der Waals surface area (Å²) < 4.78 is 7.59. The van der Waals surface area contributed by atoms with Gasteiger partial charge in [0, 0.05) is 25.5 Å². The summed E-state index contributed by atoms with van der Waals surface area (Å²) in [5, 5.41) is 12.8. The Kier molecular flexibility index (Phi) is 2.46. The molecule has 1 N–H and O–H groups in total. The average molecular weight is 252 g/mol. The van der Waals surface area contributed by atoms with Crippen molar-refractivity contribution in [2.45, 2.75) is 0 Å². The highest BCUT2D eigenvalue weighted by molar-refractivity contribution is 7.80. The first-order valence-corrected chi connectivity index (χ1v) is 5.96. The fourth-order valence-corrected chi connectivity index (χ4v) is 2.41. The lowest BCUT2D eigenvalue weighted by molar-refractivity contribution is -0.853. The zero-order valence-corrected chi connectivity index (χ0v) is 10.4. The van der Waals surface area contributed by atoms with Gasteiger partial charge in [0.25, 0.3) is 0 Å². The van der Waals surface area contributed by atoms with Crippen LogP contribution < -0.4 is 5.32 Å². The lowest BCUT2D eigenvalue weighted by Gasteiger charge is -2.29. The van der Waals surface area contributed by atoms with E-state index in [4.69, 9.17) is 22.1 Å². The topological polar surface area (TPSA) is 51.4 Å². The molecule has 0 radical (unpaired) electrons. The Morgan fingerprint density at radius 2 is 2.24 bits per heavy atom. The maximum atomic E-state index is 5.40. The van der Waals surface area contributed by atoms with E-state index in [1.807, 2.05) is 13.2 Å². The number of aryl methyl sites for hydroxylation is 1. The van der Waals surface area contributed by atoms with E-state index < -0.39 is 0 Å². The molecule has 0 unspecified atom stereocenters. The minimum Gasteiger partial charge on any atom is -0.370 e. The second-order valence-electron chi connectivity index (χ2n) is 4.26. The molecule has 3 heterocycles. The summed E-state index contributed by atoms with van der Waals surface area (Å²) in [6.45, 7) is 3.00. The molecule has 2 aliphatic rings. The second-order valence-corrected chi connectivity index (χ2v) is 4.65. The Balaban J connectivity index is 1.93. The van der Waals surface area contributed by atoms with Crippen LogP contribution in [0.1, 0.15) is 5.56 Å². The molecule has 1 spiro atoms. The normalized spacial score (nSPS) is 22.6. The summed E-state index contributed by atoms with van der Waals surface area (Å²) in [4.78, 5) is 0. The van der Waals surface area contributed by atoms with Crippen molar-refractivity contribution >= 4 is 23.2 Å². The van der Waals surface area contributed by atoms with Crippen molar-refractivity contribution in [2.75, 3.05) is 26.3 Å². The van der Waals surface area contributed by atoms with Gasteiger partial charge in [-0.25, -0.2) is 0 Å². The first-order valence-electron chi connectivity index (χ1n) is 5.55. The van der Waals surface area contributed by atoms with Gasteiger partial charge in [-0.1, -0.05) is 5.10 Å². The molecule has 0 aromatic carbocycles. The van der Waals surface area contributed by atoms with Crippen molar-refractivity contribution in [3.8, 4) is 0 Å². The van der Waals surface area contributed by atoms with Gasteiger partial charge in [0.1, 0.15) is 13.1 Å². The van der Waals surface area contributed by atoms with E-state index in [9.17, 15) is 0 Å². The molecule has 2 aliphatic heterocycles. The summed E-state index contributed by atoms with van der Waals surface area (Å²) in [5.41, 5.74) is 0.969. The van der Waals surface area contributed by atoms with Gasteiger partial charge in [0.2, 0.25) is 5.84 Å². The van der Waals surface area contributed by atoms with Gasteiger partial charge in [-0.2, -0.15) is 5.10 Å². The lowest BCUT2D eigenvalue weighted by atomic mass is 10.3. The average Bonchev–Trinajstić information content (AvgIpc) is 2.87. The summed E-state index contributed by atoms with van der Waals surface area (Å²) in [6.07, 6.45) is 3.72. The molecule has 0 amide bonds. The van der Waals surface area contributed by atoms with Crippen LogP contribution in [0.15, 0.2) is 17.5 Å². The Bertz CT molecular complexity index is 489. The van der Waals surface area contributed by atoms with Gasteiger partial charge in [-0.15, -0.1) is 4.59 Å². The van der Waals surface area contributed by atoms with Gasteiger partial charge in [-0.3, -0.25) is 10.00 Å². The van der Waals surface area contributed by atoms with E-state index in [1.54, 1.807) is 10.9 Å². The Hall–Kier alpha value is -1.31. The van der Waals surface area contributed by atoms with Crippen molar-refractivity contribution in [1.29, 1.82) is 0 Å². The van der Waals surface area contributed by atoms with Crippen molar-refractivity contribution in [3.05, 3.63) is 18.0 Å². The fourth-order valence-electron chi connectivity index (χ4n) is 2.09. The smallest absolute Gasteiger partial charge is 0.302 e. The number of hydrogen-bond acceptors (Lipinski definition) is 4. The first-order chi connectivity index (χ1) is 8.20. The molecule has 7 heteroatoms. The Morgan fingerprint density at radius 1 is 1.47 bits per heavy atom. The van der Waals surface area contributed by atoms with Crippen LogP contribution >= 0.6 is 12.2 Å². The summed E-state index contributed by atoms with van der Waals surface area (Å²) in [6, 6.07) is 0. The minimum atomic E-state index is 0.472. The van der Waals surface area contributed by atoms with E-state index in [1.165, 1.54) is 0 Å². The zero-order valence-electron chi connectivity index (χ0n) is 9.59. The standard InChI is InChI=1S/C10H13N5OS/c1-14-7-8(6-11-14)9-12-10(17)15(13-9)2-4-16-5-3-15/h6-7H,2-5H2,1H3/p+1. The second kappa shape index (κ2) is 3.86. The molecule has 0 aliphatic carbocycles. The van der Waals surface area contributed by atoms with Gasteiger partial charge in [0.05, 0.1) is 25.0 Å². The molecule has 1 saturated heterocycles. The number of quaternary nitrogens is 1. The van der Waals surface area contributed by atoms with Gasteiger partial charge in [-0.05, 0) is 0 Å². The van der Waals surface area contributed by atoms with Crippen molar-refractivity contribution in [1.82, 2.24) is 15.1 Å². The van der Waals surface area contributed by atoms with Crippen molar-refractivity contribution in [3.63, 3.8) is 0 Å².